The summed E-state index contributed by atoms with van der Waals surface area (Å²) in [6.45, 7) is 0.277. The second-order valence-electron chi connectivity index (χ2n) is 4.46. The number of nitrogens with one attached hydrogen (secondary N) is 1. The van der Waals surface area contributed by atoms with Gasteiger partial charge in [0.15, 0.2) is 5.82 Å². The monoisotopic (exact) mass is 259 g/mol. The number of pyridine rings is 1. The molecular weight excluding hydrogens is 246 g/mol. The number of hydrogen-bond donors (Lipinski definition) is 2. The molecule has 0 saturated heterocycles. The molecule has 1 fully saturated rings. The molecule has 0 atom stereocenters. The second-order valence-corrected chi connectivity index (χ2v) is 4.46. The SMILES string of the molecule is Nc1ncccc1CNC(=O)c1nc(C2CC2)no1. The number of anilines is 1. The molecule has 1 amide bonds. The predicted octanol–water partition coefficient (Wildman–Crippen LogP) is 0.854. The van der Waals surface area contributed by atoms with Gasteiger partial charge in [0.05, 0.1) is 0 Å². The van der Waals surface area contributed by atoms with Gasteiger partial charge in [-0.15, -0.1) is 0 Å². The lowest BCUT2D eigenvalue weighted by molar-refractivity contribution is 0.0907. The number of hydrogen-bond acceptors (Lipinski definition) is 6. The number of amides is 1. The minimum absolute atomic E-state index is 0.00985. The van der Waals surface area contributed by atoms with Crippen molar-refractivity contribution in [2.75, 3.05) is 5.73 Å². The van der Waals surface area contributed by atoms with E-state index < -0.39 is 5.91 Å². The lowest BCUT2D eigenvalue weighted by Gasteiger charge is -2.04. The third-order valence-corrected chi connectivity index (χ3v) is 2.94. The first-order valence-corrected chi connectivity index (χ1v) is 6.05. The van der Waals surface area contributed by atoms with Gasteiger partial charge in [0.2, 0.25) is 0 Å². The fourth-order valence-corrected chi connectivity index (χ4v) is 1.69. The molecule has 3 rings (SSSR count). The summed E-state index contributed by atoms with van der Waals surface area (Å²) in [5, 5.41) is 6.46. The summed E-state index contributed by atoms with van der Waals surface area (Å²) in [4.78, 5) is 19.8. The van der Waals surface area contributed by atoms with Crippen LogP contribution in [0.1, 0.15) is 40.8 Å². The molecule has 0 spiro atoms. The number of aromatic nitrogens is 3. The molecule has 2 aromatic heterocycles. The van der Waals surface area contributed by atoms with Gasteiger partial charge in [0.25, 0.3) is 0 Å². The number of nitrogens with zero attached hydrogens (tertiary/aromatic N) is 3. The van der Waals surface area contributed by atoms with Crippen molar-refractivity contribution >= 4 is 11.7 Å². The van der Waals surface area contributed by atoms with Crippen LogP contribution in [0.4, 0.5) is 5.82 Å². The van der Waals surface area contributed by atoms with Crippen LogP contribution in [0.15, 0.2) is 22.9 Å². The van der Waals surface area contributed by atoms with Crippen molar-refractivity contribution in [3.05, 3.63) is 35.6 Å². The third-order valence-electron chi connectivity index (χ3n) is 2.94. The maximum absolute atomic E-state index is 11.8. The average molecular weight is 259 g/mol. The number of carbonyl (C=O) groups is 1. The van der Waals surface area contributed by atoms with Crippen LogP contribution in [0.5, 0.6) is 0 Å². The Hall–Kier alpha value is -2.44. The van der Waals surface area contributed by atoms with Gasteiger partial charge < -0.3 is 15.6 Å². The third kappa shape index (κ3) is 2.54. The Morgan fingerprint density at radius 3 is 3.11 bits per heavy atom. The number of carbonyl (C=O) groups excluding carboxylic acids is 1. The van der Waals surface area contributed by atoms with E-state index in [1.165, 1.54) is 0 Å². The summed E-state index contributed by atoms with van der Waals surface area (Å²) >= 11 is 0. The van der Waals surface area contributed by atoms with Crippen molar-refractivity contribution in [3.8, 4) is 0 Å². The van der Waals surface area contributed by atoms with Crippen molar-refractivity contribution in [2.24, 2.45) is 0 Å². The molecule has 98 valence electrons. The maximum Gasteiger partial charge on any atom is 0.315 e. The standard InChI is InChI=1S/C12H13N5O2/c13-9-8(2-1-5-14-9)6-15-11(18)12-16-10(17-19-12)7-3-4-7/h1-2,5,7H,3-4,6H2,(H2,13,14)(H,15,18). The molecule has 0 aliphatic heterocycles. The summed E-state index contributed by atoms with van der Waals surface area (Å²) in [7, 11) is 0. The Bertz CT molecular complexity index is 606. The van der Waals surface area contributed by atoms with Crippen LogP contribution in [0, 0.1) is 0 Å². The Morgan fingerprint density at radius 1 is 1.53 bits per heavy atom. The van der Waals surface area contributed by atoms with E-state index in [4.69, 9.17) is 10.3 Å². The molecule has 2 heterocycles. The zero-order chi connectivity index (χ0) is 13.2. The van der Waals surface area contributed by atoms with E-state index in [2.05, 4.69) is 20.4 Å². The van der Waals surface area contributed by atoms with Crippen molar-refractivity contribution in [1.29, 1.82) is 0 Å². The highest BCUT2D eigenvalue weighted by molar-refractivity contribution is 5.89. The average Bonchev–Trinajstić information content (AvgIpc) is 3.15. The first kappa shape index (κ1) is 11.6. The van der Waals surface area contributed by atoms with Gasteiger partial charge in [0.1, 0.15) is 5.82 Å². The molecule has 19 heavy (non-hydrogen) atoms. The molecule has 1 aliphatic rings. The van der Waals surface area contributed by atoms with E-state index in [9.17, 15) is 4.79 Å². The molecule has 1 aliphatic carbocycles. The fourth-order valence-electron chi connectivity index (χ4n) is 1.69. The smallest absolute Gasteiger partial charge is 0.315 e. The summed E-state index contributed by atoms with van der Waals surface area (Å²) in [5.41, 5.74) is 6.43. The minimum atomic E-state index is -0.400. The highest BCUT2D eigenvalue weighted by Crippen LogP contribution is 2.38. The van der Waals surface area contributed by atoms with Crippen molar-refractivity contribution in [3.63, 3.8) is 0 Å². The quantitative estimate of drug-likeness (QED) is 0.843. The van der Waals surface area contributed by atoms with Gasteiger partial charge in [-0.25, -0.2) is 4.98 Å². The van der Waals surface area contributed by atoms with Crippen molar-refractivity contribution in [2.45, 2.75) is 25.3 Å². The summed E-state index contributed by atoms with van der Waals surface area (Å²) in [5.74, 6) is 0.962. The van der Waals surface area contributed by atoms with Crippen LogP contribution < -0.4 is 11.1 Å². The van der Waals surface area contributed by atoms with Crippen molar-refractivity contribution in [1.82, 2.24) is 20.4 Å². The topological polar surface area (TPSA) is 107 Å². The van der Waals surface area contributed by atoms with Crippen LogP contribution in [0.2, 0.25) is 0 Å². The first-order chi connectivity index (χ1) is 9.24. The molecular formula is C12H13N5O2. The highest BCUT2D eigenvalue weighted by Gasteiger charge is 2.29. The normalized spacial score (nSPS) is 14.3. The highest BCUT2D eigenvalue weighted by atomic mass is 16.5. The van der Waals surface area contributed by atoms with Gasteiger partial charge in [-0.1, -0.05) is 11.2 Å². The van der Waals surface area contributed by atoms with E-state index in [0.717, 1.165) is 18.4 Å². The second kappa shape index (κ2) is 4.68. The lowest BCUT2D eigenvalue weighted by Crippen LogP contribution is -2.23. The molecule has 2 aromatic rings. The van der Waals surface area contributed by atoms with Crippen LogP contribution in [-0.4, -0.2) is 21.0 Å². The van der Waals surface area contributed by atoms with E-state index in [1.807, 2.05) is 0 Å². The van der Waals surface area contributed by atoms with E-state index >= 15 is 0 Å². The molecule has 0 radical (unpaired) electrons. The predicted molar refractivity (Wildman–Crippen MR) is 66.1 cm³/mol. The molecule has 7 heteroatoms. The van der Waals surface area contributed by atoms with Gasteiger partial charge in [-0.2, -0.15) is 4.98 Å². The van der Waals surface area contributed by atoms with E-state index in [0.29, 0.717) is 17.6 Å². The Labute approximate surface area is 109 Å². The largest absolute Gasteiger partial charge is 0.383 e. The number of rotatable bonds is 4. The fraction of sp³-hybridized carbons (Fsp3) is 0.333. The minimum Gasteiger partial charge on any atom is -0.383 e. The molecule has 0 bridgehead atoms. The first-order valence-electron chi connectivity index (χ1n) is 6.05. The zero-order valence-electron chi connectivity index (χ0n) is 10.2. The summed E-state index contributed by atoms with van der Waals surface area (Å²) < 4.78 is 4.93. The summed E-state index contributed by atoms with van der Waals surface area (Å²) in [6, 6.07) is 3.56. The molecule has 7 nitrogen and oxygen atoms in total. The van der Waals surface area contributed by atoms with Gasteiger partial charge >= 0.3 is 11.8 Å². The van der Waals surface area contributed by atoms with Gasteiger partial charge in [-0.05, 0) is 18.9 Å². The van der Waals surface area contributed by atoms with Crippen molar-refractivity contribution < 1.29 is 9.32 Å². The van der Waals surface area contributed by atoms with Crippen LogP contribution in [0.25, 0.3) is 0 Å². The van der Waals surface area contributed by atoms with E-state index in [-0.39, 0.29) is 12.4 Å². The Kier molecular flexibility index (Phi) is 2.86. The van der Waals surface area contributed by atoms with Gasteiger partial charge in [0, 0.05) is 24.2 Å². The maximum atomic E-state index is 11.8. The number of nitrogens with two attached hydrogens (primary N) is 1. The van der Waals surface area contributed by atoms with E-state index in [1.54, 1.807) is 18.3 Å². The Morgan fingerprint density at radius 2 is 2.37 bits per heavy atom. The molecule has 1 saturated carbocycles. The van der Waals surface area contributed by atoms with Crippen LogP contribution in [-0.2, 0) is 6.54 Å². The molecule has 0 unspecified atom stereocenters. The Balaban J connectivity index is 1.63. The summed E-state index contributed by atoms with van der Waals surface area (Å²) in [6.07, 6.45) is 3.72. The molecule has 3 N–H and O–H groups in total. The zero-order valence-corrected chi connectivity index (χ0v) is 10.2. The van der Waals surface area contributed by atoms with Crippen LogP contribution >= 0.6 is 0 Å². The molecule has 0 aromatic carbocycles. The number of nitrogen functional groups attached to an aromatic ring is 1. The van der Waals surface area contributed by atoms with Gasteiger partial charge in [-0.3, -0.25) is 4.79 Å². The van der Waals surface area contributed by atoms with Crippen LogP contribution in [0.3, 0.4) is 0 Å². The lowest BCUT2D eigenvalue weighted by atomic mass is 10.2.